The number of hydrogen-bond donors (Lipinski definition) is 0. The summed E-state index contributed by atoms with van der Waals surface area (Å²) >= 11 is 0. The molecule has 0 N–H and O–H groups in total. The molecule has 0 aromatic carbocycles. The summed E-state index contributed by atoms with van der Waals surface area (Å²) in [5, 5.41) is 0. The van der Waals surface area contributed by atoms with Crippen LogP contribution in [0.3, 0.4) is 0 Å². The second-order valence-electron chi connectivity index (χ2n) is 2.55. The molecule has 0 aliphatic heterocycles. The fraction of sp³-hybridized carbons (Fsp3) is 1.00. The number of ether oxygens (including phenoxy) is 1. The normalized spacial score (nSPS) is 16.2. The standard InChI is InChI=1S/C5H10.C4H10O/c1-2-4-5-3-1;1-3-5-4-2/h1-5H2;3-4H2,1-2H3. The van der Waals surface area contributed by atoms with Crippen LogP contribution in [0.4, 0.5) is 0 Å². The Hall–Kier alpha value is -0.0400. The predicted molar refractivity (Wildman–Crippen MR) is 45.3 cm³/mol. The molecule has 0 unspecified atom stereocenters. The van der Waals surface area contributed by atoms with Crippen molar-refractivity contribution in [2.24, 2.45) is 0 Å². The zero-order chi connectivity index (χ0) is 7.66. The van der Waals surface area contributed by atoms with Gasteiger partial charge >= 0.3 is 0 Å². The summed E-state index contributed by atoms with van der Waals surface area (Å²) in [7, 11) is 0. The molecule has 0 bridgehead atoms. The van der Waals surface area contributed by atoms with E-state index >= 15 is 0 Å². The monoisotopic (exact) mass is 144 g/mol. The first-order valence-electron chi connectivity index (χ1n) is 4.49. The first kappa shape index (κ1) is 9.96. The number of rotatable bonds is 2. The minimum absolute atomic E-state index is 0.844. The molecule has 0 saturated heterocycles. The van der Waals surface area contributed by atoms with Crippen molar-refractivity contribution < 1.29 is 4.74 Å². The van der Waals surface area contributed by atoms with Crippen LogP contribution in [0.5, 0.6) is 0 Å². The maximum absolute atomic E-state index is 4.83. The van der Waals surface area contributed by atoms with E-state index in [1.807, 2.05) is 13.8 Å². The molecule has 1 aliphatic rings. The minimum atomic E-state index is 0.844. The Morgan fingerprint density at radius 3 is 1.20 bits per heavy atom. The average Bonchev–Trinajstić information content (AvgIpc) is 2.44. The van der Waals surface area contributed by atoms with Crippen molar-refractivity contribution in [3.8, 4) is 0 Å². The molecular weight excluding hydrogens is 124 g/mol. The third-order valence-corrected chi connectivity index (χ3v) is 1.66. The van der Waals surface area contributed by atoms with Crippen molar-refractivity contribution in [2.45, 2.75) is 46.0 Å². The molecular formula is C9H20O. The first-order valence-corrected chi connectivity index (χ1v) is 4.49. The van der Waals surface area contributed by atoms with E-state index in [2.05, 4.69) is 0 Å². The Bertz CT molecular complexity index is 39.1. The highest BCUT2D eigenvalue weighted by atomic mass is 16.5. The SMILES string of the molecule is C1CCCC1.CCOCC. The zero-order valence-electron chi connectivity index (χ0n) is 7.36. The largest absolute Gasteiger partial charge is 0.382 e. The summed E-state index contributed by atoms with van der Waals surface area (Å²) in [4.78, 5) is 0. The van der Waals surface area contributed by atoms with E-state index in [1.54, 1.807) is 0 Å². The van der Waals surface area contributed by atoms with E-state index in [1.165, 1.54) is 32.1 Å². The van der Waals surface area contributed by atoms with Crippen LogP contribution in [0, 0.1) is 0 Å². The fourth-order valence-corrected chi connectivity index (χ4v) is 1.09. The molecule has 1 saturated carbocycles. The van der Waals surface area contributed by atoms with Gasteiger partial charge in [0.15, 0.2) is 0 Å². The Balaban J connectivity index is 0.000000162. The second kappa shape index (κ2) is 8.96. The lowest BCUT2D eigenvalue weighted by Crippen LogP contribution is -1.84. The highest BCUT2D eigenvalue weighted by Gasteiger charge is 1.95. The number of hydrogen-bond acceptors (Lipinski definition) is 1. The molecule has 1 nitrogen and oxygen atoms in total. The van der Waals surface area contributed by atoms with Crippen LogP contribution in [-0.4, -0.2) is 13.2 Å². The molecule has 0 heterocycles. The van der Waals surface area contributed by atoms with Gasteiger partial charge in [0.1, 0.15) is 0 Å². The van der Waals surface area contributed by atoms with Crippen LogP contribution in [-0.2, 0) is 4.74 Å². The summed E-state index contributed by atoms with van der Waals surface area (Å²) in [6, 6.07) is 0. The Morgan fingerprint density at radius 1 is 0.800 bits per heavy atom. The second-order valence-corrected chi connectivity index (χ2v) is 2.55. The van der Waals surface area contributed by atoms with E-state index in [-0.39, 0.29) is 0 Å². The highest BCUT2D eigenvalue weighted by molar-refractivity contribution is 4.51. The van der Waals surface area contributed by atoms with Crippen LogP contribution < -0.4 is 0 Å². The lowest BCUT2D eigenvalue weighted by Gasteiger charge is -1.86. The minimum Gasteiger partial charge on any atom is -0.382 e. The van der Waals surface area contributed by atoms with Crippen LogP contribution in [0.25, 0.3) is 0 Å². The van der Waals surface area contributed by atoms with Crippen LogP contribution in [0.1, 0.15) is 46.0 Å². The van der Waals surface area contributed by atoms with Crippen molar-refractivity contribution >= 4 is 0 Å². The maximum Gasteiger partial charge on any atom is 0.0437 e. The van der Waals surface area contributed by atoms with Gasteiger partial charge in [-0.25, -0.2) is 0 Å². The molecule has 1 rings (SSSR count). The predicted octanol–water partition coefficient (Wildman–Crippen LogP) is 2.99. The van der Waals surface area contributed by atoms with E-state index in [0.29, 0.717) is 0 Å². The summed E-state index contributed by atoms with van der Waals surface area (Å²) in [5.41, 5.74) is 0. The van der Waals surface area contributed by atoms with Crippen molar-refractivity contribution in [1.82, 2.24) is 0 Å². The zero-order valence-corrected chi connectivity index (χ0v) is 7.36. The van der Waals surface area contributed by atoms with Gasteiger partial charge < -0.3 is 4.74 Å². The summed E-state index contributed by atoms with van der Waals surface area (Å²) in [6.45, 7) is 5.67. The molecule has 0 atom stereocenters. The van der Waals surface area contributed by atoms with Gasteiger partial charge in [-0.2, -0.15) is 0 Å². The van der Waals surface area contributed by atoms with Crippen LogP contribution in [0.15, 0.2) is 0 Å². The molecule has 1 heteroatoms. The first-order chi connectivity index (χ1) is 4.91. The van der Waals surface area contributed by atoms with Gasteiger partial charge in [-0.3, -0.25) is 0 Å². The summed E-state index contributed by atoms with van der Waals surface area (Å²) < 4.78 is 4.83. The van der Waals surface area contributed by atoms with E-state index in [0.717, 1.165) is 13.2 Å². The molecule has 1 fully saturated rings. The Morgan fingerprint density at radius 2 is 1.10 bits per heavy atom. The van der Waals surface area contributed by atoms with Gasteiger partial charge in [-0.1, -0.05) is 32.1 Å². The molecule has 0 spiro atoms. The quantitative estimate of drug-likeness (QED) is 0.579. The van der Waals surface area contributed by atoms with Crippen molar-refractivity contribution in [1.29, 1.82) is 0 Å². The molecule has 0 aromatic rings. The van der Waals surface area contributed by atoms with Gasteiger partial charge in [0.05, 0.1) is 0 Å². The Kier molecular flexibility index (Phi) is 8.92. The van der Waals surface area contributed by atoms with Gasteiger partial charge in [-0.05, 0) is 13.8 Å². The Labute approximate surface area is 64.8 Å². The fourth-order valence-electron chi connectivity index (χ4n) is 1.09. The lowest BCUT2D eigenvalue weighted by molar-refractivity contribution is 0.162. The molecule has 62 valence electrons. The van der Waals surface area contributed by atoms with Gasteiger partial charge in [0, 0.05) is 13.2 Å². The molecule has 0 aromatic heterocycles. The van der Waals surface area contributed by atoms with Crippen LogP contribution in [0.2, 0.25) is 0 Å². The van der Waals surface area contributed by atoms with Crippen LogP contribution >= 0.6 is 0 Å². The topological polar surface area (TPSA) is 9.23 Å². The highest BCUT2D eigenvalue weighted by Crippen LogP contribution is 2.15. The summed E-state index contributed by atoms with van der Waals surface area (Å²) in [6.07, 6.45) is 7.50. The summed E-state index contributed by atoms with van der Waals surface area (Å²) in [5.74, 6) is 0. The van der Waals surface area contributed by atoms with Crippen molar-refractivity contribution in [2.75, 3.05) is 13.2 Å². The van der Waals surface area contributed by atoms with E-state index in [9.17, 15) is 0 Å². The smallest absolute Gasteiger partial charge is 0.0437 e. The maximum atomic E-state index is 4.83. The third-order valence-electron chi connectivity index (χ3n) is 1.66. The molecule has 0 amide bonds. The molecule has 0 radical (unpaired) electrons. The van der Waals surface area contributed by atoms with Gasteiger partial charge in [-0.15, -0.1) is 0 Å². The van der Waals surface area contributed by atoms with E-state index < -0.39 is 0 Å². The lowest BCUT2D eigenvalue weighted by atomic mass is 10.4. The van der Waals surface area contributed by atoms with Gasteiger partial charge in [0.25, 0.3) is 0 Å². The molecule has 1 aliphatic carbocycles. The van der Waals surface area contributed by atoms with Crippen molar-refractivity contribution in [3.05, 3.63) is 0 Å². The van der Waals surface area contributed by atoms with Gasteiger partial charge in [0.2, 0.25) is 0 Å². The average molecular weight is 144 g/mol. The van der Waals surface area contributed by atoms with E-state index in [4.69, 9.17) is 4.74 Å². The third kappa shape index (κ3) is 7.96. The van der Waals surface area contributed by atoms with Crippen molar-refractivity contribution in [3.63, 3.8) is 0 Å². The molecule has 10 heavy (non-hydrogen) atoms.